The Morgan fingerprint density at radius 2 is 1.68 bits per heavy atom. The molecule has 2 aliphatic carbocycles. The number of esters is 1. The van der Waals surface area contributed by atoms with Gasteiger partial charge in [-0.15, -0.1) is 0 Å². The van der Waals surface area contributed by atoms with E-state index in [-0.39, 0.29) is 23.9 Å². The Bertz CT molecular complexity index is 898. The van der Waals surface area contributed by atoms with Crippen molar-refractivity contribution in [1.29, 1.82) is 5.26 Å². The van der Waals surface area contributed by atoms with E-state index < -0.39 is 17.6 Å². The van der Waals surface area contributed by atoms with Gasteiger partial charge >= 0.3 is 12.1 Å². The largest absolute Gasteiger partial charge is 0.462 e. The van der Waals surface area contributed by atoms with Gasteiger partial charge in [0.15, 0.2) is 5.83 Å². The Labute approximate surface area is 198 Å². The number of alkyl halides is 3. The van der Waals surface area contributed by atoms with Crippen molar-refractivity contribution in [2.45, 2.75) is 82.4 Å². The molecule has 0 bridgehead atoms. The minimum atomic E-state index is -4.33. The number of hydrogen-bond acceptors (Lipinski definition) is 3. The number of hydrogen-bond donors (Lipinski definition) is 0. The first-order valence-electron chi connectivity index (χ1n) is 12.1. The van der Waals surface area contributed by atoms with E-state index >= 15 is 0 Å². The summed E-state index contributed by atoms with van der Waals surface area (Å²) in [6.45, 7) is 0. The third-order valence-corrected chi connectivity index (χ3v) is 7.07. The van der Waals surface area contributed by atoms with Crippen LogP contribution in [-0.4, -0.2) is 12.1 Å². The lowest BCUT2D eigenvalue weighted by atomic mass is 9.78. The van der Waals surface area contributed by atoms with Gasteiger partial charge in [-0.2, -0.15) is 22.8 Å². The SMILES string of the molecule is N#CC(F)=CC=CCC[C@H]1CC[C@H](OC(=O)[C@H]2CC[C@H](c3ccc(C(F)(F)F)cc3)CC2)CC1. The number of ether oxygens (including phenoxy) is 1. The summed E-state index contributed by atoms with van der Waals surface area (Å²) in [6, 6.07) is 6.81. The fourth-order valence-electron chi connectivity index (χ4n) is 5.02. The molecule has 2 aliphatic rings. The molecule has 0 atom stereocenters. The molecule has 0 unspecified atom stereocenters. The van der Waals surface area contributed by atoms with Crippen LogP contribution in [0.4, 0.5) is 17.6 Å². The number of nitriles is 1. The van der Waals surface area contributed by atoms with Crippen molar-refractivity contribution in [2.75, 3.05) is 0 Å². The molecule has 3 nitrogen and oxygen atoms in total. The summed E-state index contributed by atoms with van der Waals surface area (Å²) in [6.07, 6.45) is 8.69. The first kappa shape index (κ1) is 26.0. The van der Waals surface area contributed by atoms with Gasteiger partial charge in [0.1, 0.15) is 12.2 Å². The normalized spacial score (nSPS) is 26.3. The van der Waals surface area contributed by atoms with E-state index in [9.17, 15) is 22.4 Å². The van der Waals surface area contributed by atoms with E-state index in [0.717, 1.165) is 75.1 Å². The van der Waals surface area contributed by atoms with Crippen molar-refractivity contribution in [3.8, 4) is 6.07 Å². The summed E-state index contributed by atoms with van der Waals surface area (Å²) in [7, 11) is 0. The van der Waals surface area contributed by atoms with Gasteiger partial charge in [0.2, 0.25) is 0 Å². The summed E-state index contributed by atoms with van der Waals surface area (Å²) in [5, 5.41) is 8.36. The molecule has 0 saturated heterocycles. The average molecular weight is 478 g/mol. The first-order valence-corrected chi connectivity index (χ1v) is 12.1. The maximum atomic E-state index is 12.8. The smallest absolute Gasteiger partial charge is 0.416 e. The molecule has 2 saturated carbocycles. The minimum Gasteiger partial charge on any atom is -0.462 e. The van der Waals surface area contributed by atoms with Crippen LogP contribution in [0.3, 0.4) is 0 Å². The topological polar surface area (TPSA) is 50.1 Å². The first-order chi connectivity index (χ1) is 16.3. The van der Waals surface area contributed by atoms with Gasteiger partial charge in [0.25, 0.3) is 0 Å². The molecule has 0 heterocycles. The summed E-state index contributed by atoms with van der Waals surface area (Å²) >= 11 is 0. The van der Waals surface area contributed by atoms with Crippen LogP contribution in [0, 0.1) is 23.2 Å². The van der Waals surface area contributed by atoms with E-state index in [4.69, 9.17) is 10.00 Å². The molecule has 184 valence electrons. The monoisotopic (exact) mass is 477 g/mol. The highest BCUT2D eigenvalue weighted by Crippen LogP contribution is 2.38. The summed E-state index contributed by atoms with van der Waals surface area (Å²) in [5.41, 5.74) is 0.266. The van der Waals surface area contributed by atoms with Gasteiger partial charge in [0, 0.05) is 0 Å². The quantitative estimate of drug-likeness (QED) is 0.174. The number of carbonyl (C=O) groups excluding carboxylic acids is 1. The van der Waals surface area contributed by atoms with Crippen molar-refractivity contribution in [1.82, 2.24) is 0 Å². The van der Waals surface area contributed by atoms with Gasteiger partial charge in [-0.05, 0) is 99.8 Å². The van der Waals surface area contributed by atoms with Crippen LogP contribution in [0.15, 0.2) is 48.3 Å². The van der Waals surface area contributed by atoms with E-state index in [0.29, 0.717) is 18.8 Å². The van der Waals surface area contributed by atoms with E-state index in [1.807, 2.05) is 6.08 Å². The van der Waals surface area contributed by atoms with Crippen LogP contribution in [0.2, 0.25) is 0 Å². The van der Waals surface area contributed by atoms with E-state index in [1.54, 1.807) is 18.2 Å². The van der Waals surface area contributed by atoms with Gasteiger partial charge in [-0.25, -0.2) is 0 Å². The Morgan fingerprint density at radius 1 is 1.03 bits per heavy atom. The zero-order chi connectivity index (χ0) is 24.6. The molecule has 2 fully saturated rings. The number of allylic oxidation sites excluding steroid dienone is 4. The predicted molar refractivity (Wildman–Crippen MR) is 121 cm³/mol. The molecule has 0 radical (unpaired) electrons. The number of rotatable bonds is 7. The summed E-state index contributed by atoms with van der Waals surface area (Å²) in [5.74, 6) is -0.322. The Morgan fingerprint density at radius 3 is 2.26 bits per heavy atom. The van der Waals surface area contributed by atoms with Gasteiger partial charge in [-0.3, -0.25) is 4.79 Å². The van der Waals surface area contributed by atoms with Crippen LogP contribution in [0.25, 0.3) is 0 Å². The standard InChI is InChI=1S/C27H31F4NO2/c28-24(18-32)5-3-1-2-4-19-6-16-25(17-7-19)34-26(33)22-10-8-20(9-11-22)21-12-14-23(15-13-21)27(29,30)31/h1,3,5,12-15,19-20,22,25H,2,4,6-11,16-17H2/t19-,20-,22-,25-. The van der Waals surface area contributed by atoms with Crippen LogP contribution in [0.5, 0.6) is 0 Å². The second kappa shape index (κ2) is 12.2. The number of nitrogens with zero attached hydrogens (tertiary/aromatic N) is 1. The lowest BCUT2D eigenvalue weighted by molar-refractivity contribution is -0.157. The summed E-state index contributed by atoms with van der Waals surface area (Å²) in [4.78, 5) is 12.7. The Balaban J connectivity index is 1.35. The van der Waals surface area contributed by atoms with Crippen molar-refractivity contribution >= 4 is 5.97 Å². The van der Waals surface area contributed by atoms with Crippen LogP contribution >= 0.6 is 0 Å². The lowest BCUT2D eigenvalue weighted by Crippen LogP contribution is -2.29. The number of benzene rings is 1. The zero-order valence-corrected chi connectivity index (χ0v) is 19.2. The second-order valence-electron chi connectivity index (χ2n) is 9.38. The van der Waals surface area contributed by atoms with Crippen LogP contribution in [-0.2, 0) is 15.7 Å². The highest BCUT2D eigenvalue weighted by Gasteiger charge is 2.33. The third-order valence-electron chi connectivity index (χ3n) is 7.07. The molecule has 0 aromatic heterocycles. The number of halogens is 4. The predicted octanol–water partition coefficient (Wildman–Crippen LogP) is 7.79. The molecule has 0 N–H and O–H groups in total. The maximum absolute atomic E-state index is 12.8. The van der Waals surface area contributed by atoms with Crippen molar-refractivity contribution < 1.29 is 27.1 Å². The van der Waals surface area contributed by atoms with Gasteiger partial charge in [0.05, 0.1) is 11.5 Å². The highest BCUT2D eigenvalue weighted by molar-refractivity contribution is 5.72. The molecule has 7 heteroatoms. The fourth-order valence-corrected chi connectivity index (χ4v) is 5.02. The van der Waals surface area contributed by atoms with E-state index in [1.165, 1.54) is 6.07 Å². The summed E-state index contributed by atoms with van der Waals surface area (Å²) < 4.78 is 56.8. The third kappa shape index (κ3) is 7.72. The molecule has 0 amide bonds. The molecular weight excluding hydrogens is 446 g/mol. The van der Waals surface area contributed by atoms with Crippen LogP contribution < -0.4 is 0 Å². The Hall–Kier alpha value is -2.62. The van der Waals surface area contributed by atoms with Gasteiger partial charge in [-0.1, -0.05) is 24.3 Å². The van der Waals surface area contributed by atoms with Crippen LogP contribution in [0.1, 0.15) is 81.3 Å². The molecule has 0 spiro atoms. The zero-order valence-electron chi connectivity index (χ0n) is 19.2. The molecular formula is C27H31F4NO2. The second-order valence-corrected chi connectivity index (χ2v) is 9.38. The van der Waals surface area contributed by atoms with Crippen molar-refractivity contribution in [3.63, 3.8) is 0 Å². The fraction of sp³-hybridized carbons (Fsp3) is 0.556. The minimum absolute atomic E-state index is 0.0420. The highest BCUT2D eigenvalue weighted by atomic mass is 19.4. The number of carbonyl (C=O) groups is 1. The maximum Gasteiger partial charge on any atom is 0.416 e. The van der Waals surface area contributed by atoms with Gasteiger partial charge < -0.3 is 4.74 Å². The van der Waals surface area contributed by atoms with Crippen molar-refractivity contribution in [2.24, 2.45) is 11.8 Å². The Kier molecular flexibility index (Phi) is 9.32. The molecule has 1 aromatic rings. The van der Waals surface area contributed by atoms with Crippen molar-refractivity contribution in [3.05, 3.63) is 59.4 Å². The average Bonchev–Trinajstić information content (AvgIpc) is 2.84. The molecule has 0 aliphatic heterocycles. The molecule has 3 rings (SSSR count). The molecule has 1 aromatic carbocycles. The van der Waals surface area contributed by atoms with E-state index in [2.05, 4.69) is 0 Å². The lowest BCUT2D eigenvalue weighted by Gasteiger charge is -2.31. The molecule has 34 heavy (non-hydrogen) atoms.